The Morgan fingerprint density at radius 2 is 1.67 bits per heavy atom. The van der Waals surface area contributed by atoms with Crippen molar-refractivity contribution in [3.05, 3.63) is 28.0 Å². The molecule has 0 saturated heterocycles. The van der Waals surface area contributed by atoms with Gasteiger partial charge in [-0.3, -0.25) is 0 Å². The van der Waals surface area contributed by atoms with E-state index < -0.39 is 23.3 Å². The van der Waals surface area contributed by atoms with E-state index in [9.17, 15) is 19.8 Å². The molecule has 0 aliphatic heterocycles. The summed E-state index contributed by atoms with van der Waals surface area (Å²) in [6.45, 7) is 0. The first kappa shape index (κ1) is 17.9. The number of carbonyl (C=O) groups is 2. The standard InChI is InChI=1S/C7H4BrNO4.2Na/c8-3-1-2-4(6(10)11)9-5(3)7(12)13;;/h1-2H,(H,10,11)(H,12,13);;/q;2*+1/p-2. The minimum atomic E-state index is -1.55. The fourth-order valence-corrected chi connectivity index (χ4v) is 1.08. The van der Waals surface area contributed by atoms with Crippen LogP contribution in [0.15, 0.2) is 16.6 Å². The summed E-state index contributed by atoms with van der Waals surface area (Å²) in [5, 5.41) is 20.7. The normalized spacial score (nSPS) is 8.33. The van der Waals surface area contributed by atoms with Crippen molar-refractivity contribution in [2.75, 3.05) is 0 Å². The van der Waals surface area contributed by atoms with Gasteiger partial charge in [-0.2, -0.15) is 0 Å². The number of rotatable bonds is 2. The van der Waals surface area contributed by atoms with Crippen molar-refractivity contribution in [2.45, 2.75) is 0 Å². The fourth-order valence-electron chi connectivity index (χ4n) is 0.699. The molecular formula is C7H2BrNNa2O4. The first-order valence-corrected chi connectivity index (χ1v) is 3.91. The maximum atomic E-state index is 10.4. The molecule has 1 aromatic heterocycles. The van der Waals surface area contributed by atoms with Crippen molar-refractivity contribution in [2.24, 2.45) is 0 Å². The molecule has 0 aromatic carbocycles. The van der Waals surface area contributed by atoms with E-state index in [1.54, 1.807) is 0 Å². The summed E-state index contributed by atoms with van der Waals surface area (Å²) in [7, 11) is 0. The van der Waals surface area contributed by atoms with Crippen molar-refractivity contribution in [1.82, 2.24) is 4.98 Å². The number of carboxylic acids is 2. The average molecular weight is 290 g/mol. The summed E-state index contributed by atoms with van der Waals surface area (Å²) in [5.41, 5.74) is -0.899. The molecule has 0 fully saturated rings. The molecule has 0 spiro atoms. The summed E-state index contributed by atoms with van der Waals surface area (Å²) in [6, 6.07) is 2.38. The molecule has 68 valence electrons. The van der Waals surface area contributed by atoms with Crippen LogP contribution in [0.1, 0.15) is 21.0 Å². The number of carbonyl (C=O) groups excluding carboxylic acids is 2. The van der Waals surface area contributed by atoms with Gasteiger partial charge in [-0.05, 0) is 28.1 Å². The van der Waals surface area contributed by atoms with Gasteiger partial charge in [0.2, 0.25) is 0 Å². The number of hydrogen-bond donors (Lipinski definition) is 0. The van der Waals surface area contributed by atoms with Crippen molar-refractivity contribution in [1.29, 1.82) is 0 Å². The van der Waals surface area contributed by atoms with Gasteiger partial charge in [-0.15, -0.1) is 0 Å². The van der Waals surface area contributed by atoms with Crippen LogP contribution in [0.3, 0.4) is 0 Å². The van der Waals surface area contributed by atoms with Crippen LogP contribution in [-0.4, -0.2) is 16.9 Å². The smallest absolute Gasteiger partial charge is 0.543 e. The van der Waals surface area contributed by atoms with Crippen molar-refractivity contribution in [3.8, 4) is 0 Å². The van der Waals surface area contributed by atoms with Crippen LogP contribution in [0.5, 0.6) is 0 Å². The topological polar surface area (TPSA) is 93.1 Å². The monoisotopic (exact) mass is 289 g/mol. The number of nitrogens with zero attached hydrogens (tertiary/aromatic N) is 1. The molecule has 0 aliphatic carbocycles. The van der Waals surface area contributed by atoms with Crippen LogP contribution < -0.4 is 69.3 Å². The zero-order chi connectivity index (χ0) is 10.0. The largest absolute Gasteiger partial charge is 1.00 e. The van der Waals surface area contributed by atoms with Crippen LogP contribution in [-0.2, 0) is 0 Å². The van der Waals surface area contributed by atoms with E-state index in [0.29, 0.717) is 0 Å². The van der Waals surface area contributed by atoms with Gasteiger partial charge in [0.1, 0.15) is 5.69 Å². The summed E-state index contributed by atoms with van der Waals surface area (Å²) in [6.07, 6.45) is 0. The zero-order valence-electron chi connectivity index (χ0n) is 8.11. The van der Waals surface area contributed by atoms with Gasteiger partial charge in [0.25, 0.3) is 0 Å². The third-order valence-corrected chi connectivity index (χ3v) is 1.89. The maximum absolute atomic E-state index is 10.4. The Morgan fingerprint density at radius 3 is 2.07 bits per heavy atom. The Bertz CT molecular complexity index is 385. The Hall–Kier alpha value is 0.570. The van der Waals surface area contributed by atoms with E-state index in [1.807, 2.05) is 0 Å². The Morgan fingerprint density at radius 1 is 1.13 bits per heavy atom. The molecular weight excluding hydrogens is 288 g/mol. The molecule has 8 heteroatoms. The maximum Gasteiger partial charge on any atom is 1.00 e. The Labute approximate surface area is 138 Å². The van der Waals surface area contributed by atoms with Gasteiger partial charge in [0, 0.05) is 4.47 Å². The molecule has 1 rings (SSSR count). The quantitative estimate of drug-likeness (QED) is 0.504. The number of pyridine rings is 1. The predicted molar refractivity (Wildman–Crippen MR) is 40.6 cm³/mol. The second-order valence-corrected chi connectivity index (χ2v) is 2.96. The number of hydrogen-bond acceptors (Lipinski definition) is 5. The molecule has 5 nitrogen and oxygen atoms in total. The van der Waals surface area contributed by atoms with E-state index in [1.165, 1.54) is 6.07 Å². The van der Waals surface area contributed by atoms with Crippen molar-refractivity contribution < 1.29 is 78.9 Å². The van der Waals surface area contributed by atoms with Gasteiger partial charge in [0.05, 0.1) is 17.6 Å². The predicted octanol–water partition coefficient (Wildman–Crippen LogP) is -7.42. The second-order valence-electron chi connectivity index (χ2n) is 2.10. The minimum Gasteiger partial charge on any atom is -0.543 e. The first-order chi connectivity index (χ1) is 6.02. The molecule has 1 heterocycles. The Kier molecular flexibility index (Phi) is 9.31. The van der Waals surface area contributed by atoms with Crippen LogP contribution in [0.25, 0.3) is 0 Å². The SMILES string of the molecule is O=C([O-])c1ccc(Br)c(C(=O)[O-])n1.[Na+].[Na+]. The van der Waals surface area contributed by atoms with Gasteiger partial charge in [0.15, 0.2) is 0 Å². The molecule has 1 aromatic rings. The number of aromatic carboxylic acids is 2. The van der Waals surface area contributed by atoms with E-state index in [4.69, 9.17) is 0 Å². The van der Waals surface area contributed by atoms with Crippen molar-refractivity contribution >= 4 is 27.9 Å². The fraction of sp³-hybridized carbons (Fsp3) is 0. The summed E-state index contributed by atoms with van der Waals surface area (Å²) in [4.78, 5) is 24.0. The summed E-state index contributed by atoms with van der Waals surface area (Å²) < 4.78 is 0.164. The van der Waals surface area contributed by atoms with Crippen LogP contribution >= 0.6 is 15.9 Å². The Balaban J connectivity index is 0. The first-order valence-electron chi connectivity index (χ1n) is 3.11. The molecule has 0 N–H and O–H groups in total. The number of halogens is 1. The van der Waals surface area contributed by atoms with Crippen LogP contribution in [0, 0.1) is 0 Å². The number of carboxylic acid groups (broad SMARTS) is 2. The van der Waals surface area contributed by atoms with Gasteiger partial charge in [-0.25, -0.2) is 4.98 Å². The molecule has 0 amide bonds. The second kappa shape index (κ2) is 7.78. The van der Waals surface area contributed by atoms with Crippen LogP contribution in [0.2, 0.25) is 0 Å². The number of aromatic nitrogens is 1. The van der Waals surface area contributed by atoms with Gasteiger partial charge >= 0.3 is 59.1 Å². The summed E-state index contributed by atoms with van der Waals surface area (Å²) in [5.74, 6) is -3.08. The molecule has 0 atom stereocenters. The molecule has 15 heavy (non-hydrogen) atoms. The third kappa shape index (κ3) is 4.95. The third-order valence-electron chi connectivity index (χ3n) is 1.25. The molecule has 0 saturated carbocycles. The molecule has 0 unspecified atom stereocenters. The average Bonchev–Trinajstić information content (AvgIpc) is 2.04. The minimum absolute atomic E-state index is 0. The van der Waals surface area contributed by atoms with Gasteiger partial charge < -0.3 is 19.8 Å². The van der Waals surface area contributed by atoms with E-state index in [0.717, 1.165) is 6.07 Å². The summed E-state index contributed by atoms with van der Waals surface area (Å²) >= 11 is 2.88. The van der Waals surface area contributed by atoms with E-state index in [2.05, 4.69) is 20.9 Å². The van der Waals surface area contributed by atoms with Gasteiger partial charge in [-0.1, -0.05) is 0 Å². The zero-order valence-corrected chi connectivity index (χ0v) is 13.7. The molecule has 0 bridgehead atoms. The van der Waals surface area contributed by atoms with E-state index in [-0.39, 0.29) is 63.6 Å². The molecule has 0 radical (unpaired) electrons. The van der Waals surface area contributed by atoms with E-state index >= 15 is 0 Å². The van der Waals surface area contributed by atoms with Crippen LogP contribution in [0.4, 0.5) is 0 Å². The van der Waals surface area contributed by atoms with Crippen molar-refractivity contribution in [3.63, 3.8) is 0 Å². The molecule has 0 aliphatic rings.